The van der Waals surface area contributed by atoms with Crippen molar-refractivity contribution < 1.29 is 23.7 Å². The van der Waals surface area contributed by atoms with E-state index in [1.54, 1.807) is 26.0 Å². The van der Waals surface area contributed by atoms with Crippen molar-refractivity contribution in [2.45, 2.75) is 13.8 Å². The molecule has 37 heavy (non-hydrogen) atoms. The third-order valence-corrected chi connectivity index (χ3v) is 7.12. The van der Waals surface area contributed by atoms with Crippen LogP contribution >= 0.6 is 11.8 Å². The summed E-state index contributed by atoms with van der Waals surface area (Å²) in [5.74, 6) is 1.07. The van der Waals surface area contributed by atoms with Crippen LogP contribution in [-0.2, 0) is 4.79 Å². The molecule has 2 amide bonds. The van der Waals surface area contributed by atoms with Crippen molar-refractivity contribution in [3.05, 3.63) is 98.6 Å². The summed E-state index contributed by atoms with van der Waals surface area (Å²) >= 11 is 0.835. The molecular weight excluding hydrogens is 492 g/mol. The number of benzene rings is 3. The number of hydrogen-bond acceptors (Lipinski definition) is 7. The number of furan rings is 1. The number of nitro benzene ring substituents is 1. The van der Waals surface area contributed by atoms with Gasteiger partial charge in [-0.2, -0.15) is 0 Å². The van der Waals surface area contributed by atoms with Gasteiger partial charge < -0.3 is 9.15 Å². The Morgan fingerprint density at radius 2 is 1.84 bits per heavy atom. The Balaban J connectivity index is 1.28. The molecule has 1 fully saturated rings. The summed E-state index contributed by atoms with van der Waals surface area (Å²) in [5.41, 5.74) is 1.94. The number of rotatable bonds is 7. The Labute approximate surface area is 216 Å². The summed E-state index contributed by atoms with van der Waals surface area (Å²) in [4.78, 5) is 37.8. The van der Waals surface area contributed by atoms with Crippen LogP contribution in [0.25, 0.3) is 28.2 Å². The van der Waals surface area contributed by atoms with Crippen molar-refractivity contribution in [2.24, 2.45) is 0 Å². The molecule has 1 aliphatic heterocycles. The van der Waals surface area contributed by atoms with Gasteiger partial charge in [-0.25, -0.2) is 0 Å². The lowest BCUT2D eigenvalue weighted by atomic mass is 10.0. The van der Waals surface area contributed by atoms with E-state index >= 15 is 0 Å². The van der Waals surface area contributed by atoms with Crippen LogP contribution in [0.5, 0.6) is 5.75 Å². The molecule has 0 spiro atoms. The first-order valence-corrected chi connectivity index (χ1v) is 12.4. The van der Waals surface area contributed by atoms with Crippen LogP contribution in [0.15, 0.2) is 76.1 Å². The zero-order chi connectivity index (χ0) is 26.1. The summed E-state index contributed by atoms with van der Waals surface area (Å²) in [6.07, 6.45) is 1.51. The quantitative estimate of drug-likeness (QED) is 0.153. The van der Waals surface area contributed by atoms with Gasteiger partial charge in [-0.3, -0.25) is 24.6 Å². The average Bonchev–Trinajstić information content (AvgIpc) is 3.45. The number of hydrogen-bond donors (Lipinski definition) is 0. The molecule has 1 saturated heterocycles. The highest BCUT2D eigenvalue weighted by Crippen LogP contribution is 2.35. The topological polar surface area (TPSA) is 103 Å². The van der Waals surface area contributed by atoms with Crippen LogP contribution in [0.1, 0.15) is 16.9 Å². The summed E-state index contributed by atoms with van der Waals surface area (Å²) in [6.45, 7) is 3.78. The second kappa shape index (κ2) is 9.94. The Morgan fingerprint density at radius 1 is 1.05 bits per heavy atom. The van der Waals surface area contributed by atoms with E-state index in [2.05, 4.69) is 0 Å². The number of aryl methyl sites for hydroxylation is 1. The van der Waals surface area contributed by atoms with Crippen LogP contribution in [0.2, 0.25) is 0 Å². The van der Waals surface area contributed by atoms with E-state index in [1.807, 2.05) is 48.5 Å². The van der Waals surface area contributed by atoms with Gasteiger partial charge in [-0.15, -0.1) is 0 Å². The van der Waals surface area contributed by atoms with Gasteiger partial charge in [0.15, 0.2) is 0 Å². The maximum atomic E-state index is 12.9. The van der Waals surface area contributed by atoms with E-state index in [-0.39, 0.29) is 29.0 Å². The van der Waals surface area contributed by atoms with Gasteiger partial charge in [0, 0.05) is 28.7 Å². The summed E-state index contributed by atoms with van der Waals surface area (Å²) in [7, 11) is 0. The number of carbonyl (C=O) groups excluding carboxylic acids is 2. The van der Waals surface area contributed by atoms with Crippen LogP contribution in [0.3, 0.4) is 0 Å². The van der Waals surface area contributed by atoms with Crippen molar-refractivity contribution in [1.29, 1.82) is 0 Å². The Kier molecular flexibility index (Phi) is 6.54. The van der Waals surface area contributed by atoms with E-state index in [9.17, 15) is 19.7 Å². The van der Waals surface area contributed by atoms with E-state index in [4.69, 9.17) is 9.15 Å². The lowest BCUT2D eigenvalue weighted by Gasteiger charge is -2.14. The molecule has 8 nitrogen and oxygen atoms in total. The van der Waals surface area contributed by atoms with Gasteiger partial charge in [0.05, 0.1) is 16.4 Å². The SMILES string of the molecule is Cc1cc(-c2ccc(/C=C3\SC(=O)N(CCOc4cccc5ccccc45)C3=O)o2)cc([N+](=O)[O-])c1C. The first-order valence-electron chi connectivity index (χ1n) is 11.5. The lowest BCUT2D eigenvalue weighted by molar-refractivity contribution is -0.385. The zero-order valence-electron chi connectivity index (χ0n) is 20.1. The molecular formula is C28H22N2O6S. The molecule has 0 N–H and O–H groups in total. The van der Waals surface area contributed by atoms with Crippen molar-refractivity contribution in [3.63, 3.8) is 0 Å². The standard InChI is InChI=1S/C28H22N2O6S/c1-17-14-20(15-23(18(17)2)30(33)34)24-11-10-21(36-24)16-26-27(31)29(28(32)37-26)12-13-35-25-9-5-7-19-6-3-4-8-22(19)25/h3-11,14-16H,12-13H2,1-2H3/b26-16-. The molecule has 0 bridgehead atoms. The molecule has 3 aromatic carbocycles. The molecule has 9 heteroatoms. The molecule has 0 radical (unpaired) electrons. The number of amides is 2. The van der Waals surface area contributed by atoms with Gasteiger partial charge in [0.2, 0.25) is 0 Å². The molecule has 1 aliphatic rings. The number of nitro groups is 1. The molecule has 186 valence electrons. The van der Waals surface area contributed by atoms with Crippen molar-refractivity contribution in [1.82, 2.24) is 4.90 Å². The fraction of sp³-hybridized carbons (Fsp3) is 0.143. The van der Waals surface area contributed by atoms with Crippen LogP contribution in [-0.4, -0.2) is 34.1 Å². The molecule has 5 rings (SSSR count). The van der Waals surface area contributed by atoms with E-state index in [1.165, 1.54) is 12.1 Å². The minimum atomic E-state index is -0.421. The van der Waals surface area contributed by atoms with Gasteiger partial charge in [-0.1, -0.05) is 36.4 Å². The minimum absolute atomic E-state index is 0.0137. The molecule has 2 heterocycles. The number of nitrogens with zero attached hydrogens (tertiary/aromatic N) is 2. The normalized spacial score (nSPS) is 14.6. The molecule has 0 aliphatic carbocycles. The first kappa shape index (κ1) is 24.3. The Morgan fingerprint density at radius 3 is 2.65 bits per heavy atom. The van der Waals surface area contributed by atoms with Crippen LogP contribution in [0.4, 0.5) is 10.5 Å². The maximum absolute atomic E-state index is 12.9. The Bertz CT molecular complexity index is 1580. The summed E-state index contributed by atoms with van der Waals surface area (Å²) in [6, 6.07) is 20.2. The van der Waals surface area contributed by atoms with Gasteiger partial charge in [0.25, 0.3) is 16.8 Å². The van der Waals surface area contributed by atoms with E-state index in [0.717, 1.165) is 33.0 Å². The van der Waals surface area contributed by atoms with Crippen molar-refractivity contribution in [3.8, 4) is 17.1 Å². The van der Waals surface area contributed by atoms with Crippen molar-refractivity contribution in [2.75, 3.05) is 13.2 Å². The number of ether oxygens (including phenoxy) is 1. The van der Waals surface area contributed by atoms with Gasteiger partial charge in [-0.05, 0) is 60.8 Å². The second-order valence-electron chi connectivity index (χ2n) is 8.56. The zero-order valence-corrected chi connectivity index (χ0v) is 20.9. The lowest BCUT2D eigenvalue weighted by Crippen LogP contribution is -2.32. The molecule has 4 aromatic rings. The highest BCUT2D eigenvalue weighted by atomic mass is 32.2. The number of fused-ring (bicyclic) bond motifs is 1. The fourth-order valence-corrected chi connectivity index (χ4v) is 4.99. The van der Waals surface area contributed by atoms with Gasteiger partial charge >= 0.3 is 0 Å². The Hall–Kier alpha value is -4.37. The largest absolute Gasteiger partial charge is 0.491 e. The second-order valence-corrected chi connectivity index (χ2v) is 9.55. The third-order valence-electron chi connectivity index (χ3n) is 6.22. The van der Waals surface area contributed by atoms with Crippen LogP contribution < -0.4 is 4.74 Å². The molecule has 0 unspecified atom stereocenters. The number of imide groups is 1. The number of carbonyl (C=O) groups is 2. The maximum Gasteiger partial charge on any atom is 0.293 e. The smallest absolute Gasteiger partial charge is 0.293 e. The fourth-order valence-electron chi connectivity index (χ4n) is 4.15. The molecule has 0 atom stereocenters. The van der Waals surface area contributed by atoms with Crippen LogP contribution in [0, 0.1) is 24.0 Å². The average molecular weight is 515 g/mol. The third kappa shape index (κ3) is 4.85. The predicted octanol–water partition coefficient (Wildman–Crippen LogP) is 6.74. The predicted molar refractivity (Wildman–Crippen MR) is 142 cm³/mol. The number of thioether (sulfide) groups is 1. The van der Waals surface area contributed by atoms with E-state index in [0.29, 0.717) is 28.4 Å². The van der Waals surface area contributed by atoms with Gasteiger partial charge in [0.1, 0.15) is 23.9 Å². The summed E-state index contributed by atoms with van der Waals surface area (Å²) < 4.78 is 11.7. The van der Waals surface area contributed by atoms with Crippen molar-refractivity contribution >= 4 is 45.4 Å². The molecule has 1 aromatic heterocycles. The summed E-state index contributed by atoms with van der Waals surface area (Å²) in [5, 5.41) is 13.0. The highest BCUT2D eigenvalue weighted by molar-refractivity contribution is 8.18. The monoisotopic (exact) mass is 514 g/mol. The minimum Gasteiger partial charge on any atom is -0.491 e. The molecule has 0 saturated carbocycles. The first-order chi connectivity index (χ1) is 17.8. The highest BCUT2D eigenvalue weighted by Gasteiger charge is 2.35. The van der Waals surface area contributed by atoms with E-state index < -0.39 is 10.8 Å².